The van der Waals surface area contributed by atoms with Crippen molar-refractivity contribution in [2.24, 2.45) is 5.92 Å². The predicted octanol–water partition coefficient (Wildman–Crippen LogP) is 1.65. The molecule has 20 heavy (non-hydrogen) atoms. The lowest BCUT2D eigenvalue weighted by Crippen LogP contribution is -2.39. The Hall–Kier alpha value is -0.630. The molecule has 112 valence electrons. The third-order valence-electron chi connectivity index (χ3n) is 3.53. The van der Waals surface area contributed by atoms with Gasteiger partial charge in [0.25, 0.3) is 0 Å². The molecule has 1 heterocycles. The van der Waals surface area contributed by atoms with E-state index in [1.54, 1.807) is 12.1 Å². The largest absolute Gasteiger partial charge is 0.399 e. The topological polar surface area (TPSA) is 75.4 Å². The molecule has 0 spiro atoms. The first-order chi connectivity index (χ1) is 9.38. The number of nitrogens with two attached hydrogens (primary N) is 1. The third-order valence-corrected chi connectivity index (χ3v) is 5.93. The second-order valence-electron chi connectivity index (χ2n) is 5.31. The number of nitrogen functional groups attached to an aromatic ring is 1. The van der Waals surface area contributed by atoms with E-state index in [9.17, 15) is 8.42 Å². The van der Waals surface area contributed by atoms with Gasteiger partial charge in [-0.3, -0.25) is 0 Å². The molecule has 0 radical (unpaired) electrons. The summed E-state index contributed by atoms with van der Waals surface area (Å²) >= 11 is 3.25. The van der Waals surface area contributed by atoms with Gasteiger partial charge in [-0.25, -0.2) is 13.1 Å². The molecule has 7 heteroatoms. The number of benzene rings is 1. The van der Waals surface area contributed by atoms with Gasteiger partial charge in [-0.1, -0.05) is 0 Å². The van der Waals surface area contributed by atoms with Gasteiger partial charge in [0.2, 0.25) is 10.0 Å². The Morgan fingerprint density at radius 1 is 1.50 bits per heavy atom. The maximum Gasteiger partial charge on any atom is 0.241 e. The Bertz CT molecular complexity index is 577. The molecule has 5 nitrogen and oxygen atoms in total. The molecule has 1 saturated heterocycles. The van der Waals surface area contributed by atoms with Crippen LogP contribution in [0.3, 0.4) is 0 Å². The van der Waals surface area contributed by atoms with E-state index in [1.807, 2.05) is 0 Å². The van der Waals surface area contributed by atoms with Crippen molar-refractivity contribution in [1.29, 1.82) is 0 Å². The second-order valence-corrected chi connectivity index (χ2v) is 7.90. The number of rotatable bonds is 4. The van der Waals surface area contributed by atoms with Crippen molar-refractivity contribution < 1.29 is 8.42 Å². The van der Waals surface area contributed by atoms with Crippen LogP contribution in [0.25, 0.3) is 0 Å². The molecule has 1 aromatic rings. The monoisotopic (exact) mass is 361 g/mol. The lowest BCUT2D eigenvalue weighted by atomic mass is 9.99. The van der Waals surface area contributed by atoms with E-state index in [1.165, 1.54) is 6.07 Å². The van der Waals surface area contributed by atoms with Gasteiger partial charge in [0.15, 0.2) is 0 Å². The Kier molecular flexibility index (Phi) is 5.06. The molecule has 0 aliphatic carbocycles. The van der Waals surface area contributed by atoms with Crippen molar-refractivity contribution in [1.82, 2.24) is 9.62 Å². The van der Waals surface area contributed by atoms with Crippen LogP contribution in [0.2, 0.25) is 0 Å². The van der Waals surface area contributed by atoms with E-state index in [2.05, 4.69) is 32.6 Å². The first kappa shape index (κ1) is 15.8. The van der Waals surface area contributed by atoms with Crippen LogP contribution in [0.15, 0.2) is 27.6 Å². The number of nitrogens with one attached hydrogen (secondary N) is 1. The predicted molar refractivity (Wildman–Crippen MR) is 84.0 cm³/mol. The lowest BCUT2D eigenvalue weighted by Gasteiger charge is -2.29. The molecule has 1 aliphatic rings. The maximum absolute atomic E-state index is 12.3. The van der Waals surface area contributed by atoms with Crippen molar-refractivity contribution >= 4 is 31.6 Å². The summed E-state index contributed by atoms with van der Waals surface area (Å²) in [6.45, 7) is 2.50. The summed E-state index contributed by atoms with van der Waals surface area (Å²) < 4.78 is 27.8. The maximum atomic E-state index is 12.3. The Morgan fingerprint density at radius 2 is 2.25 bits per heavy atom. The highest BCUT2D eigenvalue weighted by atomic mass is 79.9. The van der Waals surface area contributed by atoms with Crippen LogP contribution >= 0.6 is 15.9 Å². The van der Waals surface area contributed by atoms with Crippen LogP contribution in [0, 0.1) is 5.92 Å². The molecule has 2 rings (SSSR count). The number of hydrogen-bond acceptors (Lipinski definition) is 4. The van der Waals surface area contributed by atoms with Crippen LogP contribution in [-0.2, 0) is 10.0 Å². The van der Waals surface area contributed by atoms with Crippen molar-refractivity contribution in [2.75, 3.05) is 32.4 Å². The first-order valence-electron chi connectivity index (χ1n) is 6.62. The molecule has 1 aliphatic heterocycles. The molecule has 0 bridgehead atoms. The second kappa shape index (κ2) is 6.43. The van der Waals surface area contributed by atoms with Crippen molar-refractivity contribution in [3.63, 3.8) is 0 Å². The smallest absolute Gasteiger partial charge is 0.241 e. The van der Waals surface area contributed by atoms with E-state index >= 15 is 0 Å². The van der Waals surface area contributed by atoms with E-state index in [-0.39, 0.29) is 4.90 Å². The van der Waals surface area contributed by atoms with Crippen LogP contribution in [0.5, 0.6) is 0 Å². The van der Waals surface area contributed by atoms with Crippen LogP contribution in [0.1, 0.15) is 12.8 Å². The minimum Gasteiger partial charge on any atom is -0.399 e. The Balaban J connectivity index is 2.03. The van der Waals surface area contributed by atoms with Gasteiger partial charge in [-0.2, -0.15) is 0 Å². The van der Waals surface area contributed by atoms with E-state index in [0.717, 1.165) is 25.9 Å². The number of hydrogen-bond donors (Lipinski definition) is 2. The van der Waals surface area contributed by atoms with Gasteiger partial charge in [0.1, 0.15) is 0 Å². The fraction of sp³-hybridized carbons (Fsp3) is 0.538. The number of halogens is 1. The van der Waals surface area contributed by atoms with Gasteiger partial charge >= 0.3 is 0 Å². The number of nitrogens with zero attached hydrogens (tertiary/aromatic N) is 1. The minimum atomic E-state index is -3.50. The molecule has 1 fully saturated rings. The van der Waals surface area contributed by atoms with Gasteiger partial charge in [-0.05, 0) is 66.5 Å². The number of anilines is 1. The number of sulfonamides is 1. The van der Waals surface area contributed by atoms with Gasteiger partial charge < -0.3 is 10.6 Å². The molecule has 0 saturated carbocycles. The highest BCUT2D eigenvalue weighted by Gasteiger charge is 2.22. The quantitative estimate of drug-likeness (QED) is 0.799. The summed E-state index contributed by atoms with van der Waals surface area (Å²) in [6, 6.07) is 4.71. The lowest BCUT2D eigenvalue weighted by molar-refractivity contribution is 0.211. The zero-order valence-corrected chi connectivity index (χ0v) is 13.9. The first-order valence-corrected chi connectivity index (χ1v) is 8.89. The van der Waals surface area contributed by atoms with Crippen molar-refractivity contribution in [3.8, 4) is 0 Å². The van der Waals surface area contributed by atoms with Gasteiger partial charge in [0, 0.05) is 23.2 Å². The zero-order chi connectivity index (χ0) is 14.8. The zero-order valence-electron chi connectivity index (χ0n) is 11.5. The Morgan fingerprint density at radius 3 is 2.90 bits per heavy atom. The molecule has 3 N–H and O–H groups in total. The molecule has 1 aromatic carbocycles. The normalized spacial score (nSPS) is 21.0. The summed E-state index contributed by atoms with van der Waals surface area (Å²) in [6.07, 6.45) is 2.18. The van der Waals surface area contributed by atoms with Crippen LogP contribution < -0.4 is 10.5 Å². The highest BCUT2D eigenvalue weighted by Crippen LogP contribution is 2.24. The third kappa shape index (κ3) is 3.94. The fourth-order valence-corrected chi connectivity index (χ4v) is 4.69. The SMILES string of the molecule is CN1CCCC(CNS(=O)(=O)c2ccc(N)cc2Br)C1. The van der Waals surface area contributed by atoms with E-state index in [4.69, 9.17) is 5.73 Å². The fourth-order valence-electron chi connectivity index (χ4n) is 2.48. The number of likely N-dealkylation sites (tertiary alicyclic amines) is 1. The summed E-state index contributed by atoms with van der Waals surface area (Å²) in [5, 5.41) is 0. The minimum absolute atomic E-state index is 0.232. The van der Waals surface area contributed by atoms with E-state index < -0.39 is 10.0 Å². The molecule has 0 aromatic heterocycles. The van der Waals surface area contributed by atoms with Gasteiger partial charge in [0.05, 0.1) is 4.90 Å². The molecule has 0 amide bonds. The summed E-state index contributed by atoms with van der Waals surface area (Å²) in [4.78, 5) is 2.47. The molecule has 1 unspecified atom stereocenters. The standard InChI is InChI=1S/C13H20BrN3O2S/c1-17-6-2-3-10(9-17)8-16-20(18,19)13-5-4-11(15)7-12(13)14/h4-5,7,10,16H,2-3,6,8-9,15H2,1H3. The molecular weight excluding hydrogens is 342 g/mol. The Labute approximate surface area is 128 Å². The number of piperidine rings is 1. The summed E-state index contributed by atoms with van der Waals surface area (Å²) in [5.74, 6) is 0.371. The average Bonchev–Trinajstić information content (AvgIpc) is 2.36. The van der Waals surface area contributed by atoms with E-state index in [0.29, 0.717) is 22.6 Å². The van der Waals surface area contributed by atoms with Gasteiger partial charge in [-0.15, -0.1) is 0 Å². The van der Waals surface area contributed by atoms with Crippen molar-refractivity contribution in [2.45, 2.75) is 17.7 Å². The van der Waals surface area contributed by atoms with Crippen molar-refractivity contribution in [3.05, 3.63) is 22.7 Å². The summed E-state index contributed by atoms with van der Waals surface area (Å²) in [5.41, 5.74) is 6.16. The van der Waals surface area contributed by atoms with Crippen LogP contribution in [-0.4, -0.2) is 40.0 Å². The summed E-state index contributed by atoms with van der Waals surface area (Å²) in [7, 11) is -1.43. The molecule has 1 atom stereocenters. The molecular formula is C13H20BrN3O2S. The average molecular weight is 362 g/mol. The highest BCUT2D eigenvalue weighted by molar-refractivity contribution is 9.10. The van der Waals surface area contributed by atoms with Crippen LogP contribution in [0.4, 0.5) is 5.69 Å².